The minimum Gasteiger partial charge on any atom is -0.339 e. The molecule has 0 N–H and O–H groups in total. The Morgan fingerprint density at radius 3 is 2.44 bits per heavy atom. The number of aliphatic imine (C=N–C) groups is 1. The molecule has 0 spiro atoms. The van der Waals surface area contributed by atoms with Gasteiger partial charge in [0.2, 0.25) is 0 Å². The van der Waals surface area contributed by atoms with Gasteiger partial charge in [0.05, 0.1) is 6.54 Å². The fourth-order valence-electron chi connectivity index (χ4n) is 4.17. The number of likely N-dealkylation sites (N-methyl/N-ethyl adjacent to an activating group) is 3. The lowest BCUT2D eigenvalue weighted by molar-refractivity contribution is -0.136. The van der Waals surface area contributed by atoms with Crippen LogP contribution in [0.1, 0.15) is 11.1 Å². The standard InChI is InChI=1S/C23H25Cl2N5O2/c1-27(12-15-7-5-4-6-8-15)14-19-26-21-20(22(31)29(3)23(32)28(21)2)30(19)13-16-9-10-17(24)11-18(16)25/h4-11,20-21H,12-14H2,1-3H3. The fraction of sp³-hybridized carbons (Fsp3) is 0.348. The van der Waals surface area contributed by atoms with Gasteiger partial charge in [-0.2, -0.15) is 0 Å². The van der Waals surface area contributed by atoms with Crippen LogP contribution in [0.15, 0.2) is 53.5 Å². The molecule has 1 saturated heterocycles. The lowest BCUT2D eigenvalue weighted by atomic mass is 10.1. The van der Waals surface area contributed by atoms with Crippen LogP contribution in [0.5, 0.6) is 0 Å². The average molecular weight is 474 g/mol. The molecule has 0 bridgehead atoms. The minimum absolute atomic E-state index is 0.271. The molecular weight excluding hydrogens is 449 g/mol. The predicted molar refractivity (Wildman–Crippen MR) is 126 cm³/mol. The molecule has 3 amide bonds. The van der Waals surface area contributed by atoms with E-state index in [1.807, 2.05) is 36.2 Å². The molecular formula is C23H25Cl2N5O2. The van der Waals surface area contributed by atoms with Crippen molar-refractivity contribution in [3.63, 3.8) is 0 Å². The lowest BCUT2D eigenvalue weighted by Crippen LogP contribution is -2.64. The minimum atomic E-state index is -0.602. The largest absolute Gasteiger partial charge is 0.339 e. The summed E-state index contributed by atoms with van der Waals surface area (Å²) in [6.45, 7) is 1.64. The lowest BCUT2D eigenvalue weighted by Gasteiger charge is -2.40. The third-order valence-corrected chi connectivity index (χ3v) is 6.45. The van der Waals surface area contributed by atoms with Gasteiger partial charge in [-0.1, -0.05) is 59.6 Å². The second-order valence-corrected chi connectivity index (χ2v) is 9.06. The summed E-state index contributed by atoms with van der Waals surface area (Å²) in [5.41, 5.74) is 2.02. The van der Waals surface area contributed by atoms with Gasteiger partial charge in [-0.25, -0.2) is 9.79 Å². The van der Waals surface area contributed by atoms with Crippen LogP contribution in [-0.4, -0.2) is 77.3 Å². The van der Waals surface area contributed by atoms with Crippen LogP contribution in [0, 0.1) is 0 Å². The molecule has 0 saturated carbocycles. The monoisotopic (exact) mass is 473 g/mol. The number of carbonyl (C=O) groups excluding carboxylic acids is 2. The van der Waals surface area contributed by atoms with Crippen molar-refractivity contribution < 1.29 is 9.59 Å². The molecule has 2 aliphatic rings. The van der Waals surface area contributed by atoms with Gasteiger partial charge >= 0.3 is 6.03 Å². The zero-order chi connectivity index (χ0) is 23.0. The molecule has 2 aromatic carbocycles. The Bertz CT molecular complexity index is 1060. The van der Waals surface area contributed by atoms with Crippen LogP contribution in [-0.2, 0) is 17.9 Å². The van der Waals surface area contributed by atoms with Crippen molar-refractivity contribution in [1.29, 1.82) is 0 Å². The first-order valence-electron chi connectivity index (χ1n) is 10.3. The van der Waals surface area contributed by atoms with Gasteiger partial charge in [0, 0.05) is 37.2 Å². The number of imide groups is 1. The molecule has 32 heavy (non-hydrogen) atoms. The Hall–Kier alpha value is -2.61. The van der Waals surface area contributed by atoms with Gasteiger partial charge in [0.25, 0.3) is 5.91 Å². The van der Waals surface area contributed by atoms with E-state index in [9.17, 15) is 9.59 Å². The molecule has 2 heterocycles. The number of halogens is 2. The van der Waals surface area contributed by atoms with E-state index in [4.69, 9.17) is 28.2 Å². The van der Waals surface area contributed by atoms with Crippen LogP contribution in [0.4, 0.5) is 4.79 Å². The Morgan fingerprint density at radius 1 is 1.03 bits per heavy atom. The Balaban J connectivity index is 1.63. The van der Waals surface area contributed by atoms with Crippen molar-refractivity contribution in [1.82, 2.24) is 19.6 Å². The fourth-order valence-corrected chi connectivity index (χ4v) is 4.64. The summed E-state index contributed by atoms with van der Waals surface area (Å²) in [5, 5.41) is 1.08. The van der Waals surface area contributed by atoms with E-state index >= 15 is 0 Å². The number of benzene rings is 2. The van der Waals surface area contributed by atoms with E-state index in [-0.39, 0.29) is 11.9 Å². The maximum Gasteiger partial charge on any atom is 0.328 e. The first-order valence-corrected chi connectivity index (χ1v) is 11.1. The van der Waals surface area contributed by atoms with Crippen molar-refractivity contribution in [3.05, 3.63) is 69.7 Å². The van der Waals surface area contributed by atoms with Gasteiger partial charge in [-0.15, -0.1) is 0 Å². The smallest absolute Gasteiger partial charge is 0.328 e. The van der Waals surface area contributed by atoms with E-state index < -0.39 is 12.2 Å². The number of amides is 3. The van der Waals surface area contributed by atoms with Crippen molar-refractivity contribution >= 4 is 41.0 Å². The molecule has 7 nitrogen and oxygen atoms in total. The third kappa shape index (κ3) is 4.33. The van der Waals surface area contributed by atoms with Crippen LogP contribution in [0.3, 0.4) is 0 Å². The van der Waals surface area contributed by atoms with E-state index in [2.05, 4.69) is 17.0 Å². The van der Waals surface area contributed by atoms with Gasteiger partial charge in [-0.3, -0.25) is 14.6 Å². The summed E-state index contributed by atoms with van der Waals surface area (Å²) in [6, 6.07) is 14.5. The van der Waals surface area contributed by atoms with Crippen molar-refractivity contribution in [3.8, 4) is 0 Å². The quantitative estimate of drug-likeness (QED) is 0.643. The molecule has 168 valence electrons. The third-order valence-electron chi connectivity index (χ3n) is 5.86. The Labute approximate surface area is 197 Å². The number of urea groups is 1. The van der Waals surface area contributed by atoms with E-state index in [0.29, 0.717) is 23.1 Å². The maximum atomic E-state index is 13.1. The molecule has 0 aliphatic carbocycles. The summed E-state index contributed by atoms with van der Waals surface area (Å²) < 4.78 is 0. The summed E-state index contributed by atoms with van der Waals surface area (Å²) >= 11 is 12.5. The summed E-state index contributed by atoms with van der Waals surface area (Å²) in [7, 11) is 5.19. The Kier molecular flexibility index (Phi) is 6.42. The maximum absolute atomic E-state index is 13.1. The SMILES string of the molecule is CN(CC1=NC2C(C(=O)N(C)C(=O)N2C)N1Cc1ccc(Cl)cc1Cl)Cc1ccccc1. The van der Waals surface area contributed by atoms with Gasteiger partial charge in [0.15, 0.2) is 12.2 Å². The average Bonchev–Trinajstić information content (AvgIpc) is 3.11. The highest BCUT2D eigenvalue weighted by Crippen LogP contribution is 2.31. The predicted octanol–water partition coefficient (Wildman–Crippen LogP) is 3.56. The first-order chi connectivity index (χ1) is 15.3. The highest BCUT2D eigenvalue weighted by molar-refractivity contribution is 6.35. The molecule has 2 atom stereocenters. The number of fused-ring (bicyclic) bond motifs is 1. The zero-order valence-corrected chi connectivity index (χ0v) is 19.7. The van der Waals surface area contributed by atoms with Crippen molar-refractivity contribution in [2.45, 2.75) is 25.3 Å². The molecule has 0 radical (unpaired) electrons. The van der Waals surface area contributed by atoms with Gasteiger partial charge < -0.3 is 9.80 Å². The summed E-state index contributed by atoms with van der Waals surface area (Å²) in [4.78, 5) is 37.2. The number of hydrogen-bond donors (Lipinski definition) is 0. The number of hydrogen-bond acceptors (Lipinski definition) is 5. The molecule has 2 unspecified atom stereocenters. The van der Waals surface area contributed by atoms with E-state index in [1.54, 1.807) is 19.2 Å². The zero-order valence-electron chi connectivity index (χ0n) is 18.2. The van der Waals surface area contributed by atoms with Crippen LogP contribution >= 0.6 is 23.2 Å². The van der Waals surface area contributed by atoms with Crippen LogP contribution in [0.2, 0.25) is 10.0 Å². The number of carbonyl (C=O) groups is 2. The number of rotatable bonds is 6. The molecule has 0 aromatic heterocycles. The summed E-state index contributed by atoms with van der Waals surface area (Å²) in [6.07, 6.45) is -0.572. The van der Waals surface area contributed by atoms with Gasteiger partial charge in [-0.05, 0) is 30.3 Å². The molecule has 2 aliphatic heterocycles. The molecule has 1 fully saturated rings. The molecule has 2 aromatic rings. The highest BCUT2D eigenvalue weighted by Gasteiger charge is 2.50. The van der Waals surface area contributed by atoms with Gasteiger partial charge in [0.1, 0.15) is 5.84 Å². The van der Waals surface area contributed by atoms with Crippen LogP contribution in [0.25, 0.3) is 0 Å². The Morgan fingerprint density at radius 2 is 1.75 bits per heavy atom. The van der Waals surface area contributed by atoms with Crippen LogP contribution < -0.4 is 0 Å². The topological polar surface area (TPSA) is 59.5 Å². The summed E-state index contributed by atoms with van der Waals surface area (Å²) in [5.74, 6) is 0.473. The second-order valence-electron chi connectivity index (χ2n) is 8.22. The molecule has 4 rings (SSSR count). The van der Waals surface area contributed by atoms with E-state index in [0.717, 1.165) is 22.8 Å². The number of nitrogens with zero attached hydrogens (tertiary/aromatic N) is 5. The van der Waals surface area contributed by atoms with E-state index in [1.165, 1.54) is 17.5 Å². The number of amidine groups is 1. The van der Waals surface area contributed by atoms with Crippen molar-refractivity contribution in [2.75, 3.05) is 27.7 Å². The second kappa shape index (κ2) is 9.10. The molecule has 9 heteroatoms. The normalized spacial score (nSPS) is 20.8. The highest BCUT2D eigenvalue weighted by atomic mass is 35.5. The van der Waals surface area contributed by atoms with Crippen molar-refractivity contribution in [2.24, 2.45) is 4.99 Å². The first kappa shape index (κ1) is 22.6.